The van der Waals surface area contributed by atoms with Gasteiger partial charge in [0.2, 0.25) is 0 Å². The highest BCUT2D eigenvalue weighted by molar-refractivity contribution is 9.10. The lowest BCUT2D eigenvalue weighted by atomic mass is 10.0. The highest BCUT2D eigenvalue weighted by atomic mass is 79.9. The molecule has 100 valence electrons. The molecule has 2 rings (SSSR count). The van der Waals surface area contributed by atoms with E-state index in [1.54, 1.807) is 0 Å². The van der Waals surface area contributed by atoms with E-state index in [-0.39, 0.29) is 0 Å². The van der Waals surface area contributed by atoms with Crippen LogP contribution in [0.15, 0.2) is 22.7 Å². The van der Waals surface area contributed by atoms with Crippen molar-refractivity contribution in [1.29, 1.82) is 0 Å². The Hall–Kier alpha value is -0.380. The predicted octanol–water partition coefficient (Wildman–Crippen LogP) is 3.49. The Morgan fingerprint density at radius 3 is 2.67 bits per heavy atom. The first-order valence-electron chi connectivity index (χ1n) is 6.74. The first kappa shape index (κ1) is 14.0. The summed E-state index contributed by atoms with van der Waals surface area (Å²) in [4.78, 5) is 2.56. The lowest BCUT2D eigenvalue weighted by Gasteiger charge is -2.31. The van der Waals surface area contributed by atoms with Gasteiger partial charge in [-0.15, -0.1) is 0 Å². The summed E-state index contributed by atoms with van der Waals surface area (Å²) in [6, 6.07) is 7.60. The SMILES string of the molecule is Cc1ccc(C(CN)N2CC(C)CC2C)cc1Br. The number of nitrogens with zero attached hydrogens (tertiary/aromatic N) is 1. The summed E-state index contributed by atoms with van der Waals surface area (Å²) in [6.07, 6.45) is 1.28. The smallest absolute Gasteiger partial charge is 0.0473 e. The molecular formula is C15H23BrN2. The fraction of sp³-hybridized carbons (Fsp3) is 0.600. The van der Waals surface area contributed by atoms with E-state index in [2.05, 4.69) is 59.8 Å². The molecule has 0 saturated carbocycles. The van der Waals surface area contributed by atoms with Crippen LogP contribution >= 0.6 is 15.9 Å². The van der Waals surface area contributed by atoms with E-state index in [0.29, 0.717) is 18.6 Å². The van der Waals surface area contributed by atoms with Gasteiger partial charge in [0.05, 0.1) is 0 Å². The number of hydrogen-bond acceptors (Lipinski definition) is 2. The van der Waals surface area contributed by atoms with Gasteiger partial charge in [-0.1, -0.05) is 35.0 Å². The number of nitrogens with two attached hydrogens (primary N) is 1. The average Bonchev–Trinajstić information content (AvgIpc) is 2.64. The zero-order valence-electron chi connectivity index (χ0n) is 11.5. The molecule has 2 N–H and O–H groups in total. The monoisotopic (exact) mass is 310 g/mol. The maximum Gasteiger partial charge on any atom is 0.0473 e. The third-order valence-electron chi connectivity index (χ3n) is 4.04. The van der Waals surface area contributed by atoms with Crippen LogP contribution in [0.2, 0.25) is 0 Å². The van der Waals surface area contributed by atoms with Gasteiger partial charge in [-0.05, 0) is 43.4 Å². The summed E-state index contributed by atoms with van der Waals surface area (Å²) < 4.78 is 1.18. The second kappa shape index (κ2) is 5.72. The van der Waals surface area contributed by atoms with Crippen molar-refractivity contribution >= 4 is 15.9 Å². The molecule has 1 aliphatic heterocycles. The molecule has 18 heavy (non-hydrogen) atoms. The molecule has 2 nitrogen and oxygen atoms in total. The van der Waals surface area contributed by atoms with Crippen molar-refractivity contribution in [2.45, 2.75) is 39.3 Å². The number of likely N-dealkylation sites (tertiary alicyclic amines) is 1. The van der Waals surface area contributed by atoms with E-state index in [4.69, 9.17) is 5.73 Å². The molecule has 0 aromatic heterocycles. The average molecular weight is 311 g/mol. The van der Waals surface area contributed by atoms with E-state index < -0.39 is 0 Å². The zero-order chi connectivity index (χ0) is 13.3. The molecule has 0 aliphatic carbocycles. The fourth-order valence-electron chi connectivity index (χ4n) is 3.05. The third-order valence-corrected chi connectivity index (χ3v) is 4.89. The molecule has 1 aromatic carbocycles. The zero-order valence-corrected chi connectivity index (χ0v) is 13.1. The summed E-state index contributed by atoms with van der Waals surface area (Å²) in [5, 5.41) is 0. The van der Waals surface area contributed by atoms with Gasteiger partial charge in [0.15, 0.2) is 0 Å². The first-order valence-corrected chi connectivity index (χ1v) is 7.54. The molecule has 3 heteroatoms. The molecular weight excluding hydrogens is 288 g/mol. The van der Waals surface area contributed by atoms with E-state index in [1.165, 1.54) is 22.0 Å². The topological polar surface area (TPSA) is 29.3 Å². The molecule has 0 spiro atoms. The van der Waals surface area contributed by atoms with Crippen LogP contribution in [0.5, 0.6) is 0 Å². The second-order valence-corrected chi connectivity index (χ2v) is 6.50. The number of hydrogen-bond donors (Lipinski definition) is 1. The Bertz CT molecular complexity index is 419. The summed E-state index contributed by atoms with van der Waals surface area (Å²) in [5.41, 5.74) is 8.63. The molecule has 0 radical (unpaired) electrons. The minimum absolute atomic E-state index is 0.349. The molecule has 1 aromatic rings. The van der Waals surface area contributed by atoms with E-state index in [9.17, 15) is 0 Å². The van der Waals surface area contributed by atoms with Crippen LogP contribution in [0.3, 0.4) is 0 Å². The molecule has 1 aliphatic rings. The Kier molecular flexibility index (Phi) is 4.46. The maximum absolute atomic E-state index is 6.02. The van der Waals surface area contributed by atoms with Gasteiger partial charge in [0, 0.05) is 29.6 Å². The van der Waals surface area contributed by atoms with Gasteiger partial charge < -0.3 is 5.73 Å². The molecule has 3 unspecified atom stereocenters. The number of halogens is 1. The van der Waals surface area contributed by atoms with Crippen LogP contribution in [0, 0.1) is 12.8 Å². The second-order valence-electron chi connectivity index (χ2n) is 5.65. The molecule has 3 atom stereocenters. The van der Waals surface area contributed by atoms with Gasteiger partial charge in [-0.2, -0.15) is 0 Å². The highest BCUT2D eigenvalue weighted by Gasteiger charge is 2.31. The van der Waals surface area contributed by atoms with Crippen molar-refractivity contribution in [1.82, 2.24) is 4.90 Å². The molecule has 1 saturated heterocycles. The van der Waals surface area contributed by atoms with E-state index >= 15 is 0 Å². The highest BCUT2D eigenvalue weighted by Crippen LogP contribution is 2.32. The van der Waals surface area contributed by atoms with Crippen molar-refractivity contribution in [3.8, 4) is 0 Å². The van der Waals surface area contributed by atoms with Crippen LogP contribution in [-0.4, -0.2) is 24.0 Å². The standard InChI is InChI=1S/C15H23BrN2/c1-10-6-12(3)18(9-10)15(8-17)13-5-4-11(2)14(16)7-13/h4-5,7,10,12,15H,6,8-9,17H2,1-3H3. The van der Waals surface area contributed by atoms with Crippen LogP contribution in [-0.2, 0) is 0 Å². The van der Waals surface area contributed by atoms with E-state index in [0.717, 1.165) is 12.5 Å². The van der Waals surface area contributed by atoms with Crippen molar-refractivity contribution in [2.75, 3.05) is 13.1 Å². The van der Waals surface area contributed by atoms with Crippen LogP contribution in [0.25, 0.3) is 0 Å². The van der Waals surface area contributed by atoms with Gasteiger partial charge >= 0.3 is 0 Å². The molecule has 0 bridgehead atoms. The van der Waals surface area contributed by atoms with Gasteiger partial charge in [-0.25, -0.2) is 0 Å². The predicted molar refractivity (Wildman–Crippen MR) is 80.6 cm³/mol. The maximum atomic E-state index is 6.02. The number of rotatable bonds is 3. The largest absolute Gasteiger partial charge is 0.329 e. The lowest BCUT2D eigenvalue weighted by molar-refractivity contribution is 0.192. The Morgan fingerprint density at radius 2 is 2.17 bits per heavy atom. The third kappa shape index (κ3) is 2.79. The van der Waals surface area contributed by atoms with Crippen molar-refractivity contribution in [3.05, 3.63) is 33.8 Å². The van der Waals surface area contributed by atoms with Crippen molar-refractivity contribution < 1.29 is 0 Å². The first-order chi connectivity index (χ1) is 8.52. The number of benzene rings is 1. The normalized spacial score (nSPS) is 26.5. The van der Waals surface area contributed by atoms with Gasteiger partial charge in [0.1, 0.15) is 0 Å². The Morgan fingerprint density at radius 1 is 1.44 bits per heavy atom. The number of aryl methyl sites for hydroxylation is 1. The summed E-state index contributed by atoms with van der Waals surface area (Å²) in [5.74, 6) is 0.780. The van der Waals surface area contributed by atoms with Crippen LogP contribution < -0.4 is 5.73 Å². The molecule has 1 heterocycles. The summed E-state index contributed by atoms with van der Waals surface area (Å²) in [7, 11) is 0. The fourth-order valence-corrected chi connectivity index (χ4v) is 3.44. The van der Waals surface area contributed by atoms with Gasteiger partial charge in [-0.3, -0.25) is 4.90 Å². The lowest BCUT2D eigenvalue weighted by Crippen LogP contribution is -2.36. The van der Waals surface area contributed by atoms with Crippen molar-refractivity contribution in [3.63, 3.8) is 0 Å². The van der Waals surface area contributed by atoms with E-state index in [1.807, 2.05) is 0 Å². The minimum atomic E-state index is 0.349. The van der Waals surface area contributed by atoms with Crippen LogP contribution in [0.4, 0.5) is 0 Å². The quantitative estimate of drug-likeness (QED) is 0.926. The van der Waals surface area contributed by atoms with Crippen LogP contribution in [0.1, 0.15) is 37.4 Å². The van der Waals surface area contributed by atoms with Gasteiger partial charge in [0.25, 0.3) is 0 Å². The summed E-state index contributed by atoms with van der Waals surface area (Å²) in [6.45, 7) is 8.61. The summed E-state index contributed by atoms with van der Waals surface area (Å²) >= 11 is 3.62. The molecule has 1 fully saturated rings. The van der Waals surface area contributed by atoms with Crippen molar-refractivity contribution in [2.24, 2.45) is 11.7 Å². The molecule has 0 amide bonds. The minimum Gasteiger partial charge on any atom is -0.329 e. The Labute approximate surface area is 119 Å². The Balaban J connectivity index is 2.25.